The van der Waals surface area contributed by atoms with E-state index in [1.165, 1.54) is 11.8 Å². The summed E-state index contributed by atoms with van der Waals surface area (Å²) in [5, 5.41) is 4.00. The number of amides is 2. The van der Waals surface area contributed by atoms with Gasteiger partial charge in [-0.05, 0) is 36.1 Å². The van der Waals surface area contributed by atoms with Crippen molar-refractivity contribution in [2.45, 2.75) is 51.4 Å². The lowest BCUT2D eigenvalue weighted by Gasteiger charge is -2.30. The number of nitrogens with zero attached hydrogens (tertiary/aromatic N) is 1. The minimum Gasteiger partial charge on any atom is -0.354 e. The van der Waals surface area contributed by atoms with E-state index in [1.807, 2.05) is 49.4 Å². The van der Waals surface area contributed by atoms with Crippen molar-refractivity contribution in [1.82, 2.24) is 10.2 Å². The Bertz CT molecular complexity index is 849. The maximum absolute atomic E-state index is 13.2. The zero-order chi connectivity index (χ0) is 22.6. The van der Waals surface area contributed by atoms with Crippen LogP contribution in [0.15, 0.2) is 48.5 Å². The molecule has 2 aromatic carbocycles. The number of nitrogens with one attached hydrogen (secondary N) is 1. The normalized spacial score (nSPS) is 11.7. The summed E-state index contributed by atoms with van der Waals surface area (Å²) in [4.78, 5) is 27.7. The van der Waals surface area contributed by atoms with Gasteiger partial charge in [0.25, 0.3) is 0 Å². The first-order chi connectivity index (χ1) is 15.0. The molecule has 31 heavy (non-hydrogen) atoms. The van der Waals surface area contributed by atoms with Gasteiger partial charge in [-0.25, -0.2) is 0 Å². The van der Waals surface area contributed by atoms with Crippen molar-refractivity contribution in [3.05, 3.63) is 69.7 Å². The van der Waals surface area contributed by atoms with E-state index in [9.17, 15) is 9.59 Å². The molecular weight excluding hydrogens is 451 g/mol. The van der Waals surface area contributed by atoms with Crippen LogP contribution in [0.4, 0.5) is 0 Å². The minimum atomic E-state index is -0.491. The third kappa shape index (κ3) is 8.40. The van der Waals surface area contributed by atoms with Crippen LogP contribution in [-0.2, 0) is 21.9 Å². The fourth-order valence-electron chi connectivity index (χ4n) is 3.17. The second-order valence-corrected chi connectivity index (χ2v) is 9.12. The second-order valence-electron chi connectivity index (χ2n) is 7.32. The van der Waals surface area contributed by atoms with Gasteiger partial charge in [0.1, 0.15) is 6.04 Å². The lowest BCUT2D eigenvalue weighted by Crippen LogP contribution is -2.49. The van der Waals surface area contributed by atoms with Gasteiger partial charge in [-0.15, -0.1) is 11.8 Å². The number of rotatable bonds is 12. The Morgan fingerprint density at radius 2 is 1.77 bits per heavy atom. The molecule has 0 saturated carbocycles. The molecule has 1 atom stereocenters. The molecule has 2 amide bonds. The van der Waals surface area contributed by atoms with E-state index in [0.717, 1.165) is 24.0 Å². The van der Waals surface area contributed by atoms with Crippen molar-refractivity contribution in [2.75, 3.05) is 12.3 Å². The van der Waals surface area contributed by atoms with Crippen molar-refractivity contribution < 1.29 is 9.59 Å². The van der Waals surface area contributed by atoms with E-state index >= 15 is 0 Å². The molecule has 0 heterocycles. The van der Waals surface area contributed by atoms with Crippen LogP contribution in [0.25, 0.3) is 0 Å². The van der Waals surface area contributed by atoms with Gasteiger partial charge in [0.15, 0.2) is 0 Å². The molecule has 7 heteroatoms. The van der Waals surface area contributed by atoms with Crippen LogP contribution in [0, 0.1) is 0 Å². The van der Waals surface area contributed by atoms with Gasteiger partial charge in [0, 0.05) is 18.8 Å². The molecule has 2 aromatic rings. The highest BCUT2D eigenvalue weighted by Crippen LogP contribution is 2.25. The van der Waals surface area contributed by atoms with Gasteiger partial charge in [0.2, 0.25) is 11.8 Å². The molecule has 0 bridgehead atoms. The number of hydrogen-bond donors (Lipinski definition) is 1. The number of unbranched alkanes of at least 4 members (excludes halogenated alkanes) is 1. The lowest BCUT2D eigenvalue weighted by atomic mass is 10.1. The quantitative estimate of drug-likeness (QED) is 0.381. The Balaban J connectivity index is 2.07. The average molecular weight is 481 g/mol. The Morgan fingerprint density at radius 3 is 2.42 bits per heavy atom. The summed E-state index contributed by atoms with van der Waals surface area (Å²) in [6.45, 7) is 5.07. The van der Waals surface area contributed by atoms with E-state index in [1.54, 1.807) is 11.0 Å². The highest BCUT2D eigenvalue weighted by atomic mass is 35.5. The summed E-state index contributed by atoms with van der Waals surface area (Å²) >= 11 is 13.6. The first-order valence-electron chi connectivity index (χ1n) is 10.6. The van der Waals surface area contributed by atoms with Gasteiger partial charge in [-0.3, -0.25) is 9.59 Å². The lowest BCUT2D eigenvalue weighted by molar-refractivity contribution is -0.139. The van der Waals surface area contributed by atoms with Crippen molar-refractivity contribution in [1.29, 1.82) is 0 Å². The van der Waals surface area contributed by atoms with Crippen LogP contribution >= 0.6 is 35.0 Å². The van der Waals surface area contributed by atoms with E-state index in [4.69, 9.17) is 23.2 Å². The fraction of sp³-hybridized carbons (Fsp3) is 0.417. The van der Waals surface area contributed by atoms with Crippen molar-refractivity contribution in [3.63, 3.8) is 0 Å². The molecule has 0 aliphatic carbocycles. The topological polar surface area (TPSA) is 49.4 Å². The molecule has 1 unspecified atom stereocenters. The molecule has 168 valence electrons. The Kier molecular flexibility index (Phi) is 11.3. The number of thioether (sulfide) groups is 1. The Morgan fingerprint density at radius 1 is 1.03 bits per heavy atom. The van der Waals surface area contributed by atoms with Crippen LogP contribution in [0.2, 0.25) is 10.0 Å². The predicted octanol–water partition coefficient (Wildman–Crippen LogP) is 5.95. The molecule has 1 N–H and O–H groups in total. The van der Waals surface area contributed by atoms with Gasteiger partial charge in [-0.2, -0.15) is 0 Å². The molecule has 0 aliphatic heterocycles. The SMILES string of the molecule is CCCCNC(=O)C(CC)N(Cc1ccccc1)C(=O)CSCc1ccc(Cl)c(Cl)c1. The van der Waals surface area contributed by atoms with E-state index < -0.39 is 6.04 Å². The van der Waals surface area contributed by atoms with Crippen molar-refractivity contribution in [3.8, 4) is 0 Å². The van der Waals surface area contributed by atoms with Crippen LogP contribution in [-0.4, -0.2) is 35.1 Å². The first-order valence-corrected chi connectivity index (χ1v) is 12.5. The maximum Gasteiger partial charge on any atom is 0.242 e. The molecule has 0 aromatic heterocycles. The molecule has 4 nitrogen and oxygen atoms in total. The number of hydrogen-bond acceptors (Lipinski definition) is 3. The third-order valence-electron chi connectivity index (χ3n) is 4.89. The molecule has 0 radical (unpaired) electrons. The van der Waals surface area contributed by atoms with E-state index in [0.29, 0.717) is 35.3 Å². The number of halogens is 2. The largest absolute Gasteiger partial charge is 0.354 e. The minimum absolute atomic E-state index is 0.0496. The Labute approximate surface area is 199 Å². The number of benzene rings is 2. The standard InChI is InChI=1S/C24H30Cl2N2O2S/c1-3-5-13-27-24(30)22(4-2)28(15-18-9-7-6-8-10-18)23(29)17-31-16-19-11-12-20(25)21(26)14-19/h6-12,14,22H,3-5,13,15-17H2,1-2H3,(H,27,30). The zero-order valence-electron chi connectivity index (χ0n) is 18.1. The van der Waals surface area contributed by atoms with Gasteiger partial charge in [-0.1, -0.05) is 79.9 Å². The second kappa shape index (κ2) is 13.7. The first kappa shape index (κ1) is 25.6. The number of carbonyl (C=O) groups excluding carboxylic acids is 2. The highest BCUT2D eigenvalue weighted by molar-refractivity contribution is 7.99. The van der Waals surface area contributed by atoms with Crippen LogP contribution in [0.3, 0.4) is 0 Å². The molecule has 0 spiro atoms. The van der Waals surface area contributed by atoms with Gasteiger partial charge >= 0.3 is 0 Å². The molecule has 2 rings (SSSR count). The third-order valence-corrected chi connectivity index (χ3v) is 6.62. The molecule has 0 fully saturated rings. The summed E-state index contributed by atoms with van der Waals surface area (Å²) in [5.74, 6) is 0.786. The predicted molar refractivity (Wildman–Crippen MR) is 132 cm³/mol. The van der Waals surface area contributed by atoms with E-state index in [2.05, 4.69) is 12.2 Å². The molecule has 0 saturated heterocycles. The fourth-order valence-corrected chi connectivity index (χ4v) is 4.35. The molecular formula is C24H30Cl2N2O2S. The average Bonchev–Trinajstić information content (AvgIpc) is 2.77. The van der Waals surface area contributed by atoms with Crippen molar-refractivity contribution in [2.24, 2.45) is 0 Å². The summed E-state index contributed by atoms with van der Waals surface area (Å²) < 4.78 is 0. The highest BCUT2D eigenvalue weighted by Gasteiger charge is 2.28. The maximum atomic E-state index is 13.2. The summed E-state index contributed by atoms with van der Waals surface area (Å²) in [7, 11) is 0. The van der Waals surface area contributed by atoms with Crippen LogP contribution < -0.4 is 5.32 Å². The summed E-state index contributed by atoms with van der Waals surface area (Å²) in [6, 6.07) is 14.8. The number of carbonyl (C=O) groups is 2. The van der Waals surface area contributed by atoms with E-state index in [-0.39, 0.29) is 17.6 Å². The van der Waals surface area contributed by atoms with Gasteiger partial charge < -0.3 is 10.2 Å². The van der Waals surface area contributed by atoms with Gasteiger partial charge in [0.05, 0.1) is 15.8 Å². The monoisotopic (exact) mass is 480 g/mol. The van der Waals surface area contributed by atoms with Crippen molar-refractivity contribution >= 4 is 46.8 Å². The molecule has 0 aliphatic rings. The van der Waals surface area contributed by atoms with Crippen LogP contribution in [0.1, 0.15) is 44.2 Å². The smallest absolute Gasteiger partial charge is 0.242 e. The van der Waals surface area contributed by atoms with Crippen LogP contribution in [0.5, 0.6) is 0 Å². The summed E-state index contributed by atoms with van der Waals surface area (Å²) in [6.07, 6.45) is 2.50. The summed E-state index contributed by atoms with van der Waals surface area (Å²) in [5.41, 5.74) is 2.01. The zero-order valence-corrected chi connectivity index (χ0v) is 20.4. The Hall–Kier alpha value is -1.69.